The second-order valence-electron chi connectivity index (χ2n) is 9.66. The van der Waals surface area contributed by atoms with Crippen LogP contribution >= 0.6 is 11.6 Å². The molecular weight excluding hydrogens is 448 g/mol. The van der Waals surface area contributed by atoms with Crippen molar-refractivity contribution in [2.24, 2.45) is 5.92 Å². The average Bonchev–Trinajstić information content (AvgIpc) is 2.91. The van der Waals surface area contributed by atoms with Gasteiger partial charge >= 0.3 is 6.09 Å². The summed E-state index contributed by atoms with van der Waals surface area (Å²) in [5.74, 6) is 2.21. The molecule has 0 saturated carbocycles. The van der Waals surface area contributed by atoms with E-state index in [0.717, 1.165) is 29.9 Å². The number of amides is 1. The van der Waals surface area contributed by atoms with E-state index in [4.69, 9.17) is 21.1 Å². The number of carbonyl (C=O) groups excluding carboxylic acids is 1. The lowest BCUT2D eigenvalue weighted by Crippen LogP contribution is -2.46. The fourth-order valence-corrected chi connectivity index (χ4v) is 4.97. The lowest BCUT2D eigenvalue weighted by molar-refractivity contribution is 0.0188. The third-order valence-electron chi connectivity index (χ3n) is 6.57. The predicted molar refractivity (Wildman–Crippen MR) is 139 cm³/mol. The number of benzene rings is 2. The minimum atomic E-state index is -0.398. The van der Waals surface area contributed by atoms with Crippen molar-refractivity contribution < 1.29 is 14.3 Å². The summed E-state index contributed by atoms with van der Waals surface area (Å²) in [4.78, 5) is 14.6. The number of para-hydroxylation sites is 1. The normalized spacial score (nSPS) is 18.0. The smallest absolute Gasteiger partial charge is 0.411 e. The third-order valence-corrected chi connectivity index (χ3v) is 6.80. The van der Waals surface area contributed by atoms with Gasteiger partial charge in [-0.1, -0.05) is 57.0 Å². The van der Waals surface area contributed by atoms with E-state index < -0.39 is 6.23 Å². The number of halogens is 1. The molecule has 0 spiro atoms. The first-order valence-corrected chi connectivity index (χ1v) is 12.9. The molecule has 0 aliphatic carbocycles. The number of carbonyl (C=O) groups is 1. The molecule has 1 aliphatic heterocycles. The number of rotatable bonds is 9. The standard InChI is InChI=1S/C28H39ClN2O3/c1-7-11-21-22-12-9-10-13-25(22)33-26-15-14-20(29)16-23(26)24(21)17-30-27(18(3)4)34-28(32)31(8-2)19(5)6/h9-10,12-16,18-19,21,24,27,30H,7-8,11,17H2,1-6H3. The molecule has 34 heavy (non-hydrogen) atoms. The lowest BCUT2D eigenvalue weighted by Gasteiger charge is -2.32. The van der Waals surface area contributed by atoms with Crippen molar-refractivity contribution in [3.05, 3.63) is 58.6 Å². The monoisotopic (exact) mass is 486 g/mol. The van der Waals surface area contributed by atoms with Gasteiger partial charge in [-0.3, -0.25) is 5.32 Å². The molecule has 0 saturated heterocycles. The molecule has 1 aliphatic rings. The van der Waals surface area contributed by atoms with Crippen LogP contribution in [0, 0.1) is 5.92 Å². The van der Waals surface area contributed by atoms with Crippen LogP contribution in [0.4, 0.5) is 4.79 Å². The summed E-state index contributed by atoms with van der Waals surface area (Å²) in [6.45, 7) is 13.6. The predicted octanol–water partition coefficient (Wildman–Crippen LogP) is 7.55. The quantitative estimate of drug-likeness (QED) is 0.371. The summed E-state index contributed by atoms with van der Waals surface area (Å²) in [6, 6.07) is 14.2. The Labute approximate surface area is 209 Å². The van der Waals surface area contributed by atoms with E-state index in [1.165, 1.54) is 5.56 Å². The molecule has 3 rings (SSSR count). The summed E-state index contributed by atoms with van der Waals surface area (Å²) in [5.41, 5.74) is 2.29. The van der Waals surface area contributed by atoms with E-state index in [2.05, 4.69) is 38.2 Å². The highest BCUT2D eigenvalue weighted by Crippen LogP contribution is 2.48. The van der Waals surface area contributed by atoms with Gasteiger partial charge in [-0.2, -0.15) is 0 Å². The first-order chi connectivity index (χ1) is 16.3. The molecule has 1 amide bonds. The maximum Gasteiger partial charge on any atom is 0.411 e. The molecule has 3 atom stereocenters. The van der Waals surface area contributed by atoms with Crippen LogP contribution in [0.2, 0.25) is 5.02 Å². The first-order valence-electron chi connectivity index (χ1n) is 12.5. The van der Waals surface area contributed by atoms with Gasteiger partial charge in [0.1, 0.15) is 11.5 Å². The molecule has 1 N–H and O–H groups in total. The Bertz CT molecular complexity index is 962. The minimum absolute atomic E-state index is 0.0868. The van der Waals surface area contributed by atoms with Gasteiger partial charge in [-0.25, -0.2) is 4.79 Å². The minimum Gasteiger partial charge on any atom is -0.457 e. The van der Waals surface area contributed by atoms with Crippen molar-refractivity contribution in [3.8, 4) is 11.5 Å². The molecular formula is C28H39ClN2O3. The summed E-state index contributed by atoms with van der Waals surface area (Å²) in [5, 5.41) is 4.27. The van der Waals surface area contributed by atoms with Crippen molar-refractivity contribution in [2.45, 2.75) is 78.5 Å². The third kappa shape index (κ3) is 6.05. The molecule has 0 radical (unpaired) electrons. The SMILES string of the molecule is CCCC1c2ccccc2Oc2ccc(Cl)cc2C1CNC(OC(=O)N(CC)C(C)C)C(C)C. The maximum absolute atomic E-state index is 12.8. The molecule has 3 unspecified atom stereocenters. The summed E-state index contributed by atoms with van der Waals surface area (Å²) >= 11 is 6.44. The van der Waals surface area contributed by atoms with Crippen LogP contribution in [-0.2, 0) is 4.74 Å². The number of hydrogen-bond acceptors (Lipinski definition) is 4. The van der Waals surface area contributed by atoms with Gasteiger partial charge in [0, 0.05) is 41.6 Å². The Kier molecular flexibility index (Phi) is 9.26. The van der Waals surface area contributed by atoms with E-state index in [-0.39, 0.29) is 29.9 Å². The molecule has 186 valence electrons. The van der Waals surface area contributed by atoms with Crippen LogP contribution in [0.5, 0.6) is 11.5 Å². The fourth-order valence-electron chi connectivity index (χ4n) is 4.79. The zero-order valence-corrected chi connectivity index (χ0v) is 22.1. The Morgan fingerprint density at radius 1 is 1.06 bits per heavy atom. The number of nitrogens with zero attached hydrogens (tertiary/aromatic N) is 1. The van der Waals surface area contributed by atoms with E-state index in [1.807, 2.05) is 51.1 Å². The van der Waals surface area contributed by atoms with Crippen LogP contribution in [0.3, 0.4) is 0 Å². The van der Waals surface area contributed by atoms with Crippen LogP contribution in [-0.4, -0.2) is 36.4 Å². The van der Waals surface area contributed by atoms with Gasteiger partial charge in [0.15, 0.2) is 6.23 Å². The second-order valence-corrected chi connectivity index (χ2v) is 10.1. The topological polar surface area (TPSA) is 50.8 Å². The highest BCUT2D eigenvalue weighted by atomic mass is 35.5. The summed E-state index contributed by atoms with van der Waals surface area (Å²) in [7, 11) is 0. The zero-order valence-electron chi connectivity index (χ0n) is 21.3. The second kappa shape index (κ2) is 11.9. The van der Waals surface area contributed by atoms with Crippen molar-refractivity contribution in [1.29, 1.82) is 0 Å². The Morgan fingerprint density at radius 2 is 1.76 bits per heavy atom. The van der Waals surface area contributed by atoms with Crippen LogP contribution in [0.15, 0.2) is 42.5 Å². The Hall–Kier alpha value is -2.24. The molecule has 6 heteroatoms. The van der Waals surface area contributed by atoms with Crippen molar-refractivity contribution >= 4 is 17.7 Å². The van der Waals surface area contributed by atoms with Gasteiger partial charge in [0.2, 0.25) is 0 Å². The van der Waals surface area contributed by atoms with E-state index in [1.54, 1.807) is 4.90 Å². The largest absolute Gasteiger partial charge is 0.457 e. The highest BCUT2D eigenvalue weighted by molar-refractivity contribution is 6.30. The maximum atomic E-state index is 12.8. The van der Waals surface area contributed by atoms with Gasteiger partial charge < -0.3 is 14.4 Å². The summed E-state index contributed by atoms with van der Waals surface area (Å²) < 4.78 is 12.3. The van der Waals surface area contributed by atoms with Gasteiger partial charge in [-0.15, -0.1) is 0 Å². The molecule has 0 aromatic heterocycles. The van der Waals surface area contributed by atoms with E-state index in [0.29, 0.717) is 18.1 Å². The zero-order chi connectivity index (χ0) is 24.8. The van der Waals surface area contributed by atoms with Crippen LogP contribution in [0.1, 0.15) is 77.3 Å². The first kappa shape index (κ1) is 26.4. The van der Waals surface area contributed by atoms with Crippen molar-refractivity contribution in [1.82, 2.24) is 10.2 Å². The van der Waals surface area contributed by atoms with Gasteiger partial charge in [-0.05, 0) is 62.9 Å². The summed E-state index contributed by atoms with van der Waals surface area (Å²) in [6.07, 6.45) is 1.38. The number of ether oxygens (including phenoxy) is 2. The highest BCUT2D eigenvalue weighted by Gasteiger charge is 2.33. The van der Waals surface area contributed by atoms with E-state index >= 15 is 0 Å². The van der Waals surface area contributed by atoms with Gasteiger partial charge in [0.25, 0.3) is 0 Å². The van der Waals surface area contributed by atoms with Crippen LogP contribution in [0.25, 0.3) is 0 Å². The number of hydrogen-bond donors (Lipinski definition) is 1. The number of fused-ring (bicyclic) bond motifs is 2. The molecule has 0 bridgehead atoms. The molecule has 2 aromatic carbocycles. The Morgan fingerprint density at radius 3 is 2.41 bits per heavy atom. The van der Waals surface area contributed by atoms with E-state index in [9.17, 15) is 4.79 Å². The molecule has 5 nitrogen and oxygen atoms in total. The fraction of sp³-hybridized carbons (Fsp3) is 0.536. The molecule has 2 aromatic rings. The van der Waals surface area contributed by atoms with Crippen molar-refractivity contribution in [3.63, 3.8) is 0 Å². The lowest BCUT2D eigenvalue weighted by atomic mass is 9.78. The number of nitrogens with one attached hydrogen (secondary N) is 1. The average molecular weight is 487 g/mol. The molecule has 1 heterocycles. The van der Waals surface area contributed by atoms with Crippen molar-refractivity contribution in [2.75, 3.05) is 13.1 Å². The van der Waals surface area contributed by atoms with Crippen LogP contribution < -0.4 is 10.1 Å². The molecule has 0 fully saturated rings. The van der Waals surface area contributed by atoms with Gasteiger partial charge in [0.05, 0.1) is 0 Å². The Balaban J connectivity index is 1.92.